The predicted octanol–water partition coefficient (Wildman–Crippen LogP) is -0.600. The van der Waals surface area contributed by atoms with Gasteiger partial charge in [-0.25, -0.2) is 9.97 Å². The van der Waals surface area contributed by atoms with E-state index in [2.05, 4.69) is 15.3 Å². The molecule has 3 N–H and O–H groups in total. The van der Waals surface area contributed by atoms with Crippen molar-refractivity contribution < 1.29 is 9.53 Å². The smallest absolute Gasteiger partial charge is 0.245 e. The van der Waals surface area contributed by atoms with Gasteiger partial charge < -0.3 is 20.7 Å². The molecule has 0 bridgehead atoms. The lowest BCUT2D eigenvalue weighted by Crippen LogP contribution is -2.54. The number of ether oxygens (including phenoxy) is 1. The molecule has 1 aliphatic heterocycles. The maximum Gasteiger partial charge on any atom is 0.245 e. The summed E-state index contributed by atoms with van der Waals surface area (Å²) in [5.74, 6) is 0.514. The number of morpholine rings is 1. The Kier molecular flexibility index (Phi) is 3.93. The number of nitrogens with two attached hydrogens (primary N) is 1. The fraction of sp³-hybridized carbons (Fsp3) is 0.545. The van der Waals surface area contributed by atoms with E-state index in [-0.39, 0.29) is 5.91 Å². The maximum atomic E-state index is 12.0. The molecule has 1 aromatic rings. The van der Waals surface area contributed by atoms with Crippen LogP contribution in [0.5, 0.6) is 0 Å². The summed E-state index contributed by atoms with van der Waals surface area (Å²) in [6.45, 7) is 3.95. The number of nitrogen functional groups attached to an aromatic ring is 1. The second kappa shape index (κ2) is 5.63. The van der Waals surface area contributed by atoms with E-state index in [1.165, 1.54) is 12.5 Å². The summed E-state index contributed by atoms with van der Waals surface area (Å²) in [5, 5.41) is 2.79. The van der Waals surface area contributed by atoms with Crippen LogP contribution in [0.1, 0.15) is 6.92 Å². The van der Waals surface area contributed by atoms with E-state index in [4.69, 9.17) is 10.5 Å². The largest absolute Gasteiger partial charge is 0.394 e. The summed E-state index contributed by atoms with van der Waals surface area (Å²) in [5.41, 5.74) is 6.31. The first kappa shape index (κ1) is 12.6. The number of anilines is 2. The minimum absolute atomic E-state index is 0.0739. The number of carbonyl (C=O) groups excluding carboxylic acids is 1. The standard InChI is InChI=1S/C11H17N5O2/c1-2-14-11(17)9-6-18-4-3-16(9)10-8(12)5-13-7-15-10/h5,7,9H,2-4,6,12H2,1H3,(H,14,17). The number of rotatable bonds is 3. The predicted molar refractivity (Wildman–Crippen MR) is 67.1 cm³/mol. The number of aromatic nitrogens is 2. The lowest BCUT2D eigenvalue weighted by Gasteiger charge is -2.35. The maximum absolute atomic E-state index is 12.0. The van der Waals surface area contributed by atoms with Gasteiger partial charge in [0.25, 0.3) is 0 Å². The molecule has 1 fully saturated rings. The number of nitrogens with one attached hydrogen (secondary N) is 1. The number of amides is 1. The van der Waals surface area contributed by atoms with Gasteiger partial charge in [-0.3, -0.25) is 4.79 Å². The van der Waals surface area contributed by atoms with Crippen molar-refractivity contribution in [1.29, 1.82) is 0 Å². The molecule has 18 heavy (non-hydrogen) atoms. The molecule has 0 aromatic carbocycles. The van der Waals surface area contributed by atoms with Crippen LogP contribution in [-0.2, 0) is 9.53 Å². The Morgan fingerprint density at radius 1 is 1.72 bits per heavy atom. The summed E-state index contributed by atoms with van der Waals surface area (Å²) in [7, 11) is 0. The van der Waals surface area contributed by atoms with Gasteiger partial charge in [-0.15, -0.1) is 0 Å². The molecule has 1 atom stereocenters. The summed E-state index contributed by atoms with van der Waals surface area (Å²) in [6.07, 6.45) is 2.96. The molecule has 1 saturated heterocycles. The minimum Gasteiger partial charge on any atom is -0.394 e. The molecule has 1 unspecified atom stereocenters. The number of nitrogens with zero attached hydrogens (tertiary/aromatic N) is 3. The molecule has 2 rings (SSSR count). The zero-order valence-corrected chi connectivity index (χ0v) is 10.3. The zero-order chi connectivity index (χ0) is 13.0. The fourth-order valence-corrected chi connectivity index (χ4v) is 1.94. The van der Waals surface area contributed by atoms with Crippen LogP contribution in [0.2, 0.25) is 0 Å². The minimum atomic E-state index is -0.393. The van der Waals surface area contributed by atoms with Crippen LogP contribution in [0.4, 0.5) is 11.5 Å². The van der Waals surface area contributed by atoms with Crippen LogP contribution in [0.15, 0.2) is 12.5 Å². The van der Waals surface area contributed by atoms with Gasteiger partial charge in [0.15, 0.2) is 5.82 Å². The molecule has 0 spiro atoms. The van der Waals surface area contributed by atoms with Gasteiger partial charge in [-0.1, -0.05) is 0 Å². The first-order chi connectivity index (χ1) is 8.74. The van der Waals surface area contributed by atoms with E-state index >= 15 is 0 Å². The van der Waals surface area contributed by atoms with Gasteiger partial charge in [0, 0.05) is 13.1 Å². The van der Waals surface area contributed by atoms with Crippen molar-refractivity contribution in [3.05, 3.63) is 12.5 Å². The van der Waals surface area contributed by atoms with Gasteiger partial charge in [-0.05, 0) is 6.92 Å². The molecule has 0 saturated carbocycles. The highest BCUT2D eigenvalue weighted by atomic mass is 16.5. The first-order valence-electron chi connectivity index (χ1n) is 5.91. The Labute approximate surface area is 105 Å². The van der Waals surface area contributed by atoms with E-state index < -0.39 is 6.04 Å². The van der Waals surface area contributed by atoms with Crippen molar-refractivity contribution in [2.24, 2.45) is 0 Å². The van der Waals surface area contributed by atoms with Crippen LogP contribution >= 0.6 is 0 Å². The lowest BCUT2D eigenvalue weighted by molar-refractivity contribution is -0.124. The molecule has 7 heteroatoms. The Bertz CT molecular complexity index is 426. The van der Waals surface area contributed by atoms with Crippen molar-refractivity contribution in [1.82, 2.24) is 15.3 Å². The summed E-state index contributed by atoms with van der Waals surface area (Å²) in [6, 6.07) is -0.393. The number of likely N-dealkylation sites (N-methyl/N-ethyl adjacent to an activating group) is 1. The quantitative estimate of drug-likeness (QED) is 0.745. The van der Waals surface area contributed by atoms with E-state index in [1.807, 2.05) is 11.8 Å². The van der Waals surface area contributed by atoms with Gasteiger partial charge in [0.1, 0.15) is 12.4 Å². The van der Waals surface area contributed by atoms with Crippen LogP contribution in [0.25, 0.3) is 0 Å². The van der Waals surface area contributed by atoms with Gasteiger partial charge in [0.2, 0.25) is 5.91 Å². The van der Waals surface area contributed by atoms with Crippen molar-refractivity contribution >= 4 is 17.4 Å². The van der Waals surface area contributed by atoms with Crippen molar-refractivity contribution in [3.63, 3.8) is 0 Å². The highest BCUT2D eigenvalue weighted by molar-refractivity contribution is 5.86. The average Bonchev–Trinajstić information content (AvgIpc) is 2.40. The summed E-state index contributed by atoms with van der Waals surface area (Å²) in [4.78, 5) is 21.8. The van der Waals surface area contributed by atoms with Crippen molar-refractivity contribution in [2.75, 3.05) is 36.9 Å². The second-order valence-corrected chi connectivity index (χ2v) is 3.98. The second-order valence-electron chi connectivity index (χ2n) is 3.98. The number of hydrogen-bond donors (Lipinski definition) is 2. The van der Waals surface area contributed by atoms with Gasteiger partial charge >= 0.3 is 0 Å². The summed E-state index contributed by atoms with van der Waals surface area (Å²) < 4.78 is 5.35. The van der Waals surface area contributed by atoms with Crippen LogP contribution in [-0.4, -0.2) is 48.2 Å². The third-order valence-electron chi connectivity index (χ3n) is 2.77. The molecule has 98 valence electrons. The molecule has 1 aliphatic rings. The fourth-order valence-electron chi connectivity index (χ4n) is 1.94. The van der Waals surface area contributed by atoms with Crippen LogP contribution < -0.4 is 16.0 Å². The Hall–Kier alpha value is -1.89. The van der Waals surface area contributed by atoms with E-state index in [9.17, 15) is 4.79 Å². The zero-order valence-electron chi connectivity index (χ0n) is 10.3. The van der Waals surface area contributed by atoms with E-state index in [0.717, 1.165) is 0 Å². The highest BCUT2D eigenvalue weighted by Crippen LogP contribution is 2.22. The third kappa shape index (κ3) is 2.51. The van der Waals surface area contributed by atoms with Crippen LogP contribution in [0.3, 0.4) is 0 Å². The lowest BCUT2D eigenvalue weighted by atomic mass is 10.2. The molecule has 0 radical (unpaired) electrons. The van der Waals surface area contributed by atoms with Crippen molar-refractivity contribution in [3.8, 4) is 0 Å². The molecule has 0 aliphatic carbocycles. The van der Waals surface area contributed by atoms with E-state index in [1.54, 1.807) is 0 Å². The highest BCUT2D eigenvalue weighted by Gasteiger charge is 2.31. The number of hydrogen-bond acceptors (Lipinski definition) is 6. The topological polar surface area (TPSA) is 93.4 Å². The van der Waals surface area contributed by atoms with Crippen LogP contribution in [0, 0.1) is 0 Å². The van der Waals surface area contributed by atoms with E-state index in [0.29, 0.717) is 37.8 Å². The Morgan fingerprint density at radius 2 is 2.56 bits per heavy atom. The van der Waals surface area contributed by atoms with Gasteiger partial charge in [-0.2, -0.15) is 0 Å². The first-order valence-corrected chi connectivity index (χ1v) is 5.91. The molecule has 1 amide bonds. The SMILES string of the molecule is CCNC(=O)C1COCCN1c1ncncc1N. The van der Waals surface area contributed by atoms with Crippen molar-refractivity contribution in [2.45, 2.75) is 13.0 Å². The number of carbonyl (C=O) groups is 1. The normalized spacial score (nSPS) is 19.6. The Morgan fingerprint density at radius 3 is 3.28 bits per heavy atom. The van der Waals surface area contributed by atoms with Gasteiger partial charge in [0.05, 0.1) is 25.1 Å². The molecule has 1 aromatic heterocycles. The molecule has 2 heterocycles. The third-order valence-corrected chi connectivity index (χ3v) is 2.77. The Balaban J connectivity index is 2.23. The monoisotopic (exact) mass is 251 g/mol. The molecular weight excluding hydrogens is 234 g/mol. The average molecular weight is 251 g/mol. The molecule has 7 nitrogen and oxygen atoms in total. The molecular formula is C11H17N5O2. The summed E-state index contributed by atoms with van der Waals surface area (Å²) >= 11 is 0.